The second kappa shape index (κ2) is 13.1. The monoisotopic (exact) mass is 604 g/mol. The number of likely N-dealkylation sites (N-methyl/N-ethyl adjacent to an activating group) is 1. The molecule has 0 spiro atoms. The van der Waals surface area contributed by atoms with Gasteiger partial charge in [0.2, 0.25) is 20.0 Å². The lowest BCUT2D eigenvalue weighted by Gasteiger charge is -2.37. The molecule has 2 aromatic carbocycles. The smallest absolute Gasteiger partial charge is 0.247 e. The van der Waals surface area contributed by atoms with Crippen LogP contribution in [0.3, 0.4) is 0 Å². The van der Waals surface area contributed by atoms with Crippen LogP contribution in [0.1, 0.15) is 51.5 Å². The van der Waals surface area contributed by atoms with E-state index < -0.39 is 38.1 Å². The molecule has 2 aromatic rings. The number of fused-ring (bicyclic) bond motifs is 1. The number of methoxy groups -OCH3 is 1. The highest BCUT2D eigenvalue weighted by Crippen LogP contribution is 2.35. The van der Waals surface area contributed by atoms with Gasteiger partial charge < -0.3 is 14.6 Å². The van der Waals surface area contributed by atoms with Crippen LogP contribution in [0.15, 0.2) is 52.3 Å². The van der Waals surface area contributed by atoms with Crippen molar-refractivity contribution in [3.63, 3.8) is 0 Å². The molecule has 1 N–H and O–H groups in total. The molecule has 0 saturated heterocycles. The Hall–Kier alpha value is -2.62. The third kappa shape index (κ3) is 7.07. The summed E-state index contributed by atoms with van der Waals surface area (Å²) >= 11 is 0. The van der Waals surface area contributed by atoms with Gasteiger partial charge in [-0.05, 0) is 62.2 Å². The second-order valence-corrected chi connectivity index (χ2v) is 14.9. The maximum absolute atomic E-state index is 13.7. The molecule has 1 aliphatic heterocycles. The largest absolute Gasteiger partial charge is 0.497 e. The van der Waals surface area contributed by atoms with Gasteiger partial charge >= 0.3 is 0 Å². The molecule has 11 heteroatoms. The van der Waals surface area contributed by atoms with E-state index in [1.165, 1.54) is 47.4 Å². The van der Waals surface area contributed by atoms with Gasteiger partial charge in [0.1, 0.15) is 22.5 Å². The number of aliphatic hydroxyl groups is 1. The zero-order chi connectivity index (χ0) is 29.8. The molecule has 1 fully saturated rings. The number of benzene rings is 2. The average Bonchev–Trinajstić information content (AvgIpc) is 2.97. The van der Waals surface area contributed by atoms with Crippen molar-refractivity contribution in [1.29, 1.82) is 0 Å². The van der Waals surface area contributed by atoms with E-state index in [-0.39, 0.29) is 35.2 Å². The van der Waals surface area contributed by atoms with E-state index in [1.807, 2.05) is 6.92 Å². The summed E-state index contributed by atoms with van der Waals surface area (Å²) in [7, 11) is -4.89. The van der Waals surface area contributed by atoms with E-state index in [0.29, 0.717) is 17.2 Å². The minimum absolute atomic E-state index is 0.0195. The third-order valence-corrected chi connectivity index (χ3v) is 11.8. The van der Waals surface area contributed by atoms with Gasteiger partial charge in [-0.15, -0.1) is 0 Å². The van der Waals surface area contributed by atoms with Crippen molar-refractivity contribution in [2.24, 2.45) is 11.8 Å². The third-order valence-electron chi connectivity index (χ3n) is 7.90. The number of hydrogen-bond donors (Lipinski definition) is 1. The quantitative estimate of drug-likeness (QED) is 0.480. The Bertz CT molecular complexity index is 1470. The number of sulfonamides is 2. The summed E-state index contributed by atoms with van der Waals surface area (Å²) in [5, 5.41) is 9.88. The first-order valence-corrected chi connectivity index (χ1v) is 16.9. The molecule has 224 valence electrons. The fourth-order valence-corrected chi connectivity index (χ4v) is 8.24. The summed E-state index contributed by atoms with van der Waals surface area (Å²) < 4.78 is 68.3. The predicted octanol–water partition coefficient (Wildman–Crippen LogP) is 3.72. The van der Waals surface area contributed by atoms with E-state index >= 15 is 0 Å². The van der Waals surface area contributed by atoms with Crippen molar-refractivity contribution in [2.45, 2.75) is 67.9 Å². The molecular formula is C30H40N2O7S2. The average molecular weight is 605 g/mol. The topological polar surface area (TPSA) is 113 Å². The van der Waals surface area contributed by atoms with Gasteiger partial charge in [-0.25, -0.2) is 16.8 Å². The van der Waals surface area contributed by atoms with Crippen molar-refractivity contribution in [3.05, 3.63) is 48.0 Å². The van der Waals surface area contributed by atoms with Crippen LogP contribution >= 0.6 is 0 Å². The van der Waals surface area contributed by atoms with Crippen LogP contribution in [0.2, 0.25) is 0 Å². The summed E-state index contributed by atoms with van der Waals surface area (Å²) in [6.07, 6.45) is 4.99. The molecule has 0 unspecified atom stereocenters. The molecule has 0 amide bonds. The number of ether oxygens (including phenoxy) is 2. The summed E-state index contributed by atoms with van der Waals surface area (Å²) in [5.41, 5.74) is 0.637. The summed E-state index contributed by atoms with van der Waals surface area (Å²) in [6.45, 7) is 3.14. The number of rotatable bonds is 7. The molecule has 1 aliphatic carbocycles. The molecule has 3 atom stereocenters. The Labute approximate surface area is 244 Å². The molecule has 1 heterocycles. The molecule has 4 rings (SSSR count). The maximum atomic E-state index is 13.7. The minimum Gasteiger partial charge on any atom is -0.497 e. The van der Waals surface area contributed by atoms with E-state index in [4.69, 9.17) is 9.47 Å². The fraction of sp³-hybridized carbons (Fsp3) is 0.533. The Morgan fingerprint density at radius 3 is 2.46 bits per heavy atom. The summed E-state index contributed by atoms with van der Waals surface area (Å²) in [5.74, 6) is 7.12. The van der Waals surface area contributed by atoms with E-state index in [9.17, 15) is 21.9 Å². The zero-order valence-electron chi connectivity index (χ0n) is 24.1. The molecule has 0 aromatic heterocycles. The van der Waals surface area contributed by atoms with Crippen molar-refractivity contribution in [2.75, 3.05) is 33.9 Å². The van der Waals surface area contributed by atoms with Crippen molar-refractivity contribution >= 4 is 20.0 Å². The second-order valence-electron chi connectivity index (χ2n) is 11.0. The Balaban J connectivity index is 1.69. The van der Waals surface area contributed by atoms with Gasteiger partial charge in [0.15, 0.2) is 0 Å². The van der Waals surface area contributed by atoms with Gasteiger partial charge in [-0.1, -0.05) is 38.0 Å². The van der Waals surface area contributed by atoms with Crippen LogP contribution in [0, 0.1) is 23.7 Å². The van der Waals surface area contributed by atoms with Crippen molar-refractivity contribution in [1.82, 2.24) is 8.61 Å². The lowest BCUT2D eigenvalue weighted by molar-refractivity contribution is 0.0904. The van der Waals surface area contributed by atoms with E-state index in [2.05, 4.69) is 11.8 Å². The summed E-state index contributed by atoms with van der Waals surface area (Å²) in [4.78, 5) is 0.0802. The molecule has 9 nitrogen and oxygen atoms in total. The highest BCUT2D eigenvalue weighted by molar-refractivity contribution is 7.89. The Morgan fingerprint density at radius 1 is 1.15 bits per heavy atom. The molecule has 1 saturated carbocycles. The SMILES string of the molecule is COc1ccc(S(=O)(=O)N(C)C[C@H]2Oc3cc(C#CC4CCCCC4)ccc3S(=O)(=O)N([C@H](C)CO)C[C@H]2C)cc1. The van der Waals surface area contributed by atoms with Gasteiger partial charge in [0.25, 0.3) is 0 Å². The van der Waals surface area contributed by atoms with Crippen LogP contribution in [-0.4, -0.2) is 76.6 Å². The van der Waals surface area contributed by atoms with E-state index in [0.717, 1.165) is 25.7 Å². The standard InChI is InChI=1S/C30H40N2O7S2/c1-22-19-32(23(2)21-33)41(36,37)30-17-12-25(11-10-24-8-6-5-7-9-24)18-28(30)39-29(22)20-31(3)40(34,35)27-15-13-26(38-4)14-16-27/h12-18,22-24,29,33H,5-9,19-21H2,1-4H3/t22-,23-,29-/m1/s1. The maximum Gasteiger partial charge on any atom is 0.247 e. The van der Waals surface area contributed by atoms with Crippen molar-refractivity contribution < 1.29 is 31.4 Å². The summed E-state index contributed by atoms with van der Waals surface area (Å²) in [6, 6.07) is 10.3. The predicted molar refractivity (Wildman–Crippen MR) is 157 cm³/mol. The minimum atomic E-state index is -4.01. The first kappa shape index (κ1) is 31.3. The first-order chi connectivity index (χ1) is 19.5. The van der Waals surface area contributed by atoms with Gasteiger partial charge in [-0.2, -0.15) is 8.61 Å². The number of aliphatic hydroxyl groups excluding tert-OH is 1. The number of hydrogen-bond acceptors (Lipinski definition) is 7. The lowest BCUT2D eigenvalue weighted by Crippen LogP contribution is -2.50. The van der Waals surface area contributed by atoms with Crippen LogP contribution in [0.4, 0.5) is 0 Å². The highest BCUT2D eigenvalue weighted by Gasteiger charge is 2.39. The fourth-order valence-electron chi connectivity index (χ4n) is 5.23. The van der Waals surface area contributed by atoms with Crippen molar-refractivity contribution in [3.8, 4) is 23.3 Å². The molecule has 0 radical (unpaired) electrons. The zero-order valence-corrected chi connectivity index (χ0v) is 25.7. The number of nitrogens with zero attached hydrogens (tertiary/aromatic N) is 2. The lowest BCUT2D eigenvalue weighted by atomic mass is 9.90. The molecule has 41 heavy (non-hydrogen) atoms. The Kier molecular flexibility index (Phi) is 10.0. The van der Waals surface area contributed by atoms with Gasteiger partial charge in [0, 0.05) is 37.0 Å². The molecule has 0 bridgehead atoms. The first-order valence-electron chi connectivity index (χ1n) is 14.0. The molecule has 2 aliphatic rings. The van der Waals surface area contributed by atoms with Crippen LogP contribution in [-0.2, 0) is 20.0 Å². The van der Waals surface area contributed by atoms with Crippen LogP contribution < -0.4 is 9.47 Å². The Morgan fingerprint density at radius 2 is 1.83 bits per heavy atom. The molecular weight excluding hydrogens is 564 g/mol. The van der Waals surface area contributed by atoms with Gasteiger partial charge in [-0.3, -0.25) is 0 Å². The normalized spacial score (nSPS) is 22.4. The highest BCUT2D eigenvalue weighted by atomic mass is 32.2. The van der Waals surface area contributed by atoms with E-state index in [1.54, 1.807) is 31.2 Å². The van der Waals surface area contributed by atoms with Crippen LogP contribution in [0.5, 0.6) is 11.5 Å². The van der Waals surface area contributed by atoms with Crippen LogP contribution in [0.25, 0.3) is 0 Å². The van der Waals surface area contributed by atoms with Gasteiger partial charge in [0.05, 0.1) is 25.2 Å².